The number of rotatable bonds is 5. The van der Waals surface area contributed by atoms with E-state index in [1.165, 1.54) is 12.8 Å². The molecule has 1 saturated carbocycles. The Hall–Kier alpha value is -2.22. The highest BCUT2D eigenvalue weighted by atomic mass is 16.5. The Kier molecular flexibility index (Phi) is 5.82. The van der Waals surface area contributed by atoms with Gasteiger partial charge < -0.3 is 19.9 Å². The molecule has 2 amide bonds. The number of carbonyl (C=O) groups excluding carboxylic acids is 2. The van der Waals surface area contributed by atoms with E-state index in [1.807, 2.05) is 11.0 Å². The van der Waals surface area contributed by atoms with Gasteiger partial charge in [-0.15, -0.1) is 0 Å². The fourth-order valence-electron chi connectivity index (χ4n) is 5.55. The molecule has 0 bridgehead atoms. The molecule has 5 rings (SSSR count). The zero-order valence-corrected chi connectivity index (χ0v) is 18.2. The van der Waals surface area contributed by atoms with Gasteiger partial charge in [0, 0.05) is 70.2 Å². The molecule has 0 radical (unpaired) electrons. The minimum Gasteiger partial charge on any atom is -0.381 e. The fourth-order valence-corrected chi connectivity index (χ4v) is 5.55. The maximum Gasteiger partial charge on any atom is 0.228 e. The van der Waals surface area contributed by atoms with Crippen molar-refractivity contribution in [3.63, 3.8) is 0 Å². The van der Waals surface area contributed by atoms with Gasteiger partial charge in [0.25, 0.3) is 0 Å². The van der Waals surface area contributed by atoms with Crippen molar-refractivity contribution in [1.29, 1.82) is 0 Å². The van der Waals surface area contributed by atoms with Crippen LogP contribution in [0, 0.1) is 23.2 Å². The lowest BCUT2D eigenvalue weighted by atomic mass is 9.74. The van der Waals surface area contributed by atoms with Gasteiger partial charge in [0.2, 0.25) is 17.8 Å². The molecule has 4 aliphatic rings. The molecule has 0 aromatic carbocycles. The number of fused-ring (bicyclic) bond motifs is 1. The smallest absolute Gasteiger partial charge is 0.228 e. The van der Waals surface area contributed by atoms with Gasteiger partial charge in [-0.05, 0) is 50.5 Å². The molecule has 0 unspecified atom stereocenters. The van der Waals surface area contributed by atoms with E-state index in [9.17, 15) is 9.59 Å². The van der Waals surface area contributed by atoms with Crippen molar-refractivity contribution in [1.82, 2.24) is 20.2 Å². The second-order valence-corrected chi connectivity index (χ2v) is 9.71. The molecule has 3 aliphatic heterocycles. The molecule has 8 nitrogen and oxygen atoms in total. The minimum atomic E-state index is -0.487. The number of nitrogens with zero attached hydrogens (tertiary/aromatic N) is 4. The van der Waals surface area contributed by atoms with E-state index >= 15 is 0 Å². The summed E-state index contributed by atoms with van der Waals surface area (Å²) < 4.78 is 5.45. The number of likely N-dealkylation sites (tertiary alicyclic amines) is 1. The molecular formula is C23H33N5O3. The van der Waals surface area contributed by atoms with Crippen molar-refractivity contribution >= 4 is 17.8 Å². The highest BCUT2D eigenvalue weighted by molar-refractivity contribution is 5.85. The Morgan fingerprint density at radius 1 is 1.13 bits per heavy atom. The zero-order chi connectivity index (χ0) is 21.3. The number of hydrogen-bond acceptors (Lipinski definition) is 6. The number of aromatic nitrogens is 2. The maximum atomic E-state index is 13.5. The summed E-state index contributed by atoms with van der Waals surface area (Å²) in [4.78, 5) is 39.9. The minimum absolute atomic E-state index is 0.0555. The van der Waals surface area contributed by atoms with Crippen molar-refractivity contribution in [2.45, 2.75) is 38.5 Å². The molecular weight excluding hydrogens is 394 g/mol. The summed E-state index contributed by atoms with van der Waals surface area (Å²) in [6.45, 7) is 4.82. The van der Waals surface area contributed by atoms with Gasteiger partial charge in [-0.1, -0.05) is 0 Å². The van der Waals surface area contributed by atoms with Crippen LogP contribution in [0.2, 0.25) is 0 Å². The normalized spacial score (nSPS) is 29.4. The molecule has 1 aliphatic carbocycles. The first kappa shape index (κ1) is 20.7. The van der Waals surface area contributed by atoms with Gasteiger partial charge in [0.15, 0.2) is 0 Å². The van der Waals surface area contributed by atoms with Gasteiger partial charge in [0.1, 0.15) is 0 Å². The molecule has 0 spiro atoms. The van der Waals surface area contributed by atoms with Crippen LogP contribution in [0.3, 0.4) is 0 Å². The van der Waals surface area contributed by atoms with Crippen LogP contribution >= 0.6 is 0 Å². The van der Waals surface area contributed by atoms with Crippen molar-refractivity contribution < 1.29 is 14.3 Å². The summed E-state index contributed by atoms with van der Waals surface area (Å²) in [7, 11) is 0. The quantitative estimate of drug-likeness (QED) is 0.766. The Balaban J connectivity index is 1.36. The number of nitrogens with one attached hydrogen (secondary N) is 1. The number of anilines is 1. The van der Waals surface area contributed by atoms with Crippen LogP contribution in [-0.2, 0) is 14.3 Å². The summed E-state index contributed by atoms with van der Waals surface area (Å²) in [5.74, 6) is 1.86. The van der Waals surface area contributed by atoms with E-state index in [-0.39, 0.29) is 23.7 Å². The van der Waals surface area contributed by atoms with Gasteiger partial charge in [-0.2, -0.15) is 0 Å². The van der Waals surface area contributed by atoms with Gasteiger partial charge in [0.05, 0.1) is 5.41 Å². The third-order valence-corrected chi connectivity index (χ3v) is 7.60. The molecule has 4 fully saturated rings. The third kappa shape index (κ3) is 4.27. The number of amides is 2. The number of carbonyl (C=O) groups is 2. The van der Waals surface area contributed by atoms with E-state index in [2.05, 4.69) is 20.2 Å². The lowest BCUT2D eigenvalue weighted by molar-refractivity contribution is -0.140. The second-order valence-electron chi connectivity index (χ2n) is 9.71. The van der Waals surface area contributed by atoms with E-state index in [1.54, 1.807) is 12.4 Å². The molecule has 31 heavy (non-hydrogen) atoms. The largest absolute Gasteiger partial charge is 0.381 e. The highest BCUT2D eigenvalue weighted by Crippen LogP contribution is 2.44. The summed E-state index contributed by atoms with van der Waals surface area (Å²) in [5, 5.41) is 3.26. The number of hydrogen-bond donors (Lipinski definition) is 1. The molecule has 2 atom stereocenters. The van der Waals surface area contributed by atoms with Crippen LogP contribution in [0.1, 0.15) is 38.5 Å². The third-order valence-electron chi connectivity index (χ3n) is 7.60. The molecule has 4 heterocycles. The Labute approximate surface area is 183 Å². The van der Waals surface area contributed by atoms with Crippen molar-refractivity contribution in [3.05, 3.63) is 18.5 Å². The van der Waals surface area contributed by atoms with Crippen molar-refractivity contribution in [2.24, 2.45) is 23.2 Å². The summed E-state index contributed by atoms with van der Waals surface area (Å²) in [5.41, 5.74) is -0.487. The highest BCUT2D eigenvalue weighted by Gasteiger charge is 2.54. The Morgan fingerprint density at radius 3 is 2.65 bits per heavy atom. The maximum absolute atomic E-state index is 13.5. The average molecular weight is 428 g/mol. The molecule has 168 valence electrons. The Morgan fingerprint density at radius 2 is 1.90 bits per heavy atom. The van der Waals surface area contributed by atoms with Crippen LogP contribution in [0.4, 0.5) is 5.95 Å². The van der Waals surface area contributed by atoms with Crippen LogP contribution in [0.25, 0.3) is 0 Å². The Bertz CT molecular complexity index is 796. The lowest BCUT2D eigenvalue weighted by Crippen LogP contribution is -2.49. The number of ether oxygens (including phenoxy) is 1. The zero-order valence-electron chi connectivity index (χ0n) is 18.2. The van der Waals surface area contributed by atoms with Crippen molar-refractivity contribution in [3.8, 4) is 0 Å². The fraction of sp³-hybridized carbons (Fsp3) is 0.739. The average Bonchev–Trinajstić information content (AvgIpc) is 3.61. The predicted molar refractivity (Wildman–Crippen MR) is 115 cm³/mol. The molecule has 8 heteroatoms. The topological polar surface area (TPSA) is 87.7 Å². The van der Waals surface area contributed by atoms with Crippen LogP contribution in [0.15, 0.2) is 18.5 Å². The first-order chi connectivity index (χ1) is 15.2. The first-order valence-electron chi connectivity index (χ1n) is 11.8. The molecule has 3 saturated heterocycles. The second kappa shape index (κ2) is 8.73. The first-order valence-corrected chi connectivity index (χ1v) is 11.8. The standard InChI is InChI=1S/C23H33N5O3/c29-20(18-5-11-31-12-6-18)27-10-1-7-23(21(30)26-13-17-3-4-17)16-28(15-19(23)14-27)22-24-8-2-9-25-22/h2,8-9,17-19H,1,3-7,10-16H2,(H,26,30)/t19-,23+/m0/s1. The van der Waals surface area contributed by atoms with E-state index in [4.69, 9.17) is 4.74 Å². The summed E-state index contributed by atoms with van der Waals surface area (Å²) in [6, 6.07) is 1.81. The van der Waals surface area contributed by atoms with Gasteiger partial charge in [-0.3, -0.25) is 9.59 Å². The predicted octanol–water partition coefficient (Wildman–Crippen LogP) is 1.47. The summed E-state index contributed by atoms with van der Waals surface area (Å²) >= 11 is 0. The van der Waals surface area contributed by atoms with Crippen LogP contribution in [0.5, 0.6) is 0 Å². The monoisotopic (exact) mass is 427 g/mol. The van der Waals surface area contributed by atoms with E-state index < -0.39 is 5.41 Å². The SMILES string of the molecule is O=C(C1CCOCC1)N1CCC[C@@]2(C(=O)NCC3CC3)CN(c3ncccn3)C[C@@H]2C1. The molecule has 1 N–H and O–H groups in total. The van der Waals surface area contributed by atoms with E-state index in [0.29, 0.717) is 44.7 Å². The van der Waals surface area contributed by atoms with Gasteiger partial charge in [-0.25, -0.2) is 9.97 Å². The van der Waals surface area contributed by atoms with E-state index in [0.717, 1.165) is 38.8 Å². The van der Waals surface area contributed by atoms with Crippen LogP contribution in [-0.4, -0.2) is 72.6 Å². The summed E-state index contributed by atoms with van der Waals surface area (Å²) in [6.07, 6.45) is 9.19. The van der Waals surface area contributed by atoms with Crippen molar-refractivity contribution in [2.75, 3.05) is 50.8 Å². The molecule has 1 aromatic rings. The lowest BCUT2D eigenvalue weighted by Gasteiger charge is -2.33. The van der Waals surface area contributed by atoms with Crippen LogP contribution < -0.4 is 10.2 Å². The molecule has 1 aromatic heterocycles. The van der Waals surface area contributed by atoms with Gasteiger partial charge >= 0.3 is 0 Å².